The molecule has 2 atom stereocenters. The molecular formula is C9H19N3O2. The number of hydrogen-bond acceptors (Lipinski definition) is 3. The van der Waals surface area contributed by atoms with Gasteiger partial charge in [-0.1, -0.05) is 13.8 Å². The SMILES string of the molecule is CC(C)C[C@@H](N)C(=O)NC(C)C(N)=O. The van der Waals surface area contributed by atoms with Gasteiger partial charge in [0.2, 0.25) is 11.8 Å². The van der Waals surface area contributed by atoms with Gasteiger partial charge in [0.1, 0.15) is 6.04 Å². The van der Waals surface area contributed by atoms with E-state index in [0.29, 0.717) is 12.3 Å². The molecule has 0 saturated heterocycles. The molecule has 2 amide bonds. The Morgan fingerprint density at radius 3 is 2.14 bits per heavy atom. The largest absolute Gasteiger partial charge is 0.368 e. The van der Waals surface area contributed by atoms with Crippen LogP contribution < -0.4 is 16.8 Å². The van der Waals surface area contributed by atoms with Gasteiger partial charge in [0, 0.05) is 0 Å². The summed E-state index contributed by atoms with van der Waals surface area (Å²) in [5.74, 6) is -0.542. The molecular weight excluding hydrogens is 182 g/mol. The van der Waals surface area contributed by atoms with Crippen LogP contribution in [0.25, 0.3) is 0 Å². The summed E-state index contributed by atoms with van der Waals surface area (Å²) >= 11 is 0. The summed E-state index contributed by atoms with van der Waals surface area (Å²) in [7, 11) is 0. The lowest BCUT2D eigenvalue weighted by Gasteiger charge is -2.16. The second-order valence-corrected chi connectivity index (χ2v) is 3.87. The van der Waals surface area contributed by atoms with Gasteiger partial charge in [0.15, 0.2) is 0 Å². The van der Waals surface area contributed by atoms with Gasteiger partial charge >= 0.3 is 0 Å². The maximum Gasteiger partial charge on any atom is 0.239 e. The normalized spacial score (nSPS) is 14.9. The van der Waals surface area contributed by atoms with Crippen molar-refractivity contribution in [1.82, 2.24) is 5.32 Å². The minimum Gasteiger partial charge on any atom is -0.368 e. The summed E-state index contributed by atoms with van der Waals surface area (Å²) in [6.45, 7) is 5.48. The minimum absolute atomic E-state index is 0.329. The molecule has 0 aromatic carbocycles. The van der Waals surface area contributed by atoms with Crippen molar-refractivity contribution in [2.75, 3.05) is 0 Å². The van der Waals surface area contributed by atoms with E-state index in [1.54, 1.807) is 0 Å². The zero-order chi connectivity index (χ0) is 11.3. The summed E-state index contributed by atoms with van der Waals surface area (Å²) in [4.78, 5) is 22.0. The Kier molecular flexibility index (Phi) is 5.15. The first-order valence-corrected chi connectivity index (χ1v) is 4.69. The van der Waals surface area contributed by atoms with Crippen molar-refractivity contribution in [2.24, 2.45) is 17.4 Å². The Morgan fingerprint density at radius 1 is 1.29 bits per heavy atom. The number of amides is 2. The van der Waals surface area contributed by atoms with E-state index in [-0.39, 0.29) is 5.91 Å². The maximum atomic E-state index is 11.3. The van der Waals surface area contributed by atoms with Gasteiger partial charge in [-0.25, -0.2) is 0 Å². The van der Waals surface area contributed by atoms with Crippen molar-refractivity contribution >= 4 is 11.8 Å². The van der Waals surface area contributed by atoms with Crippen molar-refractivity contribution in [3.8, 4) is 0 Å². The van der Waals surface area contributed by atoms with E-state index >= 15 is 0 Å². The summed E-state index contributed by atoms with van der Waals surface area (Å²) in [5.41, 5.74) is 10.6. The van der Waals surface area contributed by atoms with Crippen molar-refractivity contribution in [3.63, 3.8) is 0 Å². The van der Waals surface area contributed by atoms with E-state index in [4.69, 9.17) is 11.5 Å². The molecule has 5 heteroatoms. The number of carbonyl (C=O) groups excluding carboxylic acids is 2. The van der Waals surface area contributed by atoms with Gasteiger partial charge < -0.3 is 16.8 Å². The number of nitrogens with one attached hydrogen (secondary N) is 1. The van der Waals surface area contributed by atoms with Crippen molar-refractivity contribution < 1.29 is 9.59 Å². The molecule has 0 aromatic heterocycles. The summed E-state index contributed by atoms with van der Waals surface area (Å²) < 4.78 is 0. The van der Waals surface area contributed by atoms with Gasteiger partial charge in [-0.2, -0.15) is 0 Å². The standard InChI is InChI=1S/C9H19N3O2/c1-5(2)4-7(10)9(14)12-6(3)8(11)13/h5-7H,4,10H2,1-3H3,(H2,11,13)(H,12,14)/t6?,7-/m1/s1. The van der Waals surface area contributed by atoms with Crippen molar-refractivity contribution in [2.45, 2.75) is 39.3 Å². The second kappa shape index (κ2) is 5.59. The average Bonchev–Trinajstić information content (AvgIpc) is 2.02. The molecule has 5 nitrogen and oxygen atoms in total. The third-order valence-corrected chi connectivity index (χ3v) is 1.85. The molecule has 0 aliphatic heterocycles. The van der Waals surface area contributed by atoms with Crippen LogP contribution in [-0.4, -0.2) is 23.9 Å². The lowest BCUT2D eigenvalue weighted by Crippen LogP contribution is -2.49. The van der Waals surface area contributed by atoms with Crippen LogP contribution in [0.3, 0.4) is 0 Å². The number of carbonyl (C=O) groups is 2. The highest BCUT2D eigenvalue weighted by Gasteiger charge is 2.18. The first-order chi connectivity index (χ1) is 6.34. The van der Waals surface area contributed by atoms with Crippen LogP contribution in [0.4, 0.5) is 0 Å². The molecule has 1 unspecified atom stereocenters. The fraction of sp³-hybridized carbons (Fsp3) is 0.778. The fourth-order valence-corrected chi connectivity index (χ4v) is 1.01. The van der Waals surface area contributed by atoms with Crippen LogP contribution in [0.1, 0.15) is 27.2 Å². The fourth-order valence-electron chi connectivity index (χ4n) is 1.01. The van der Waals surface area contributed by atoms with Crippen LogP contribution in [0, 0.1) is 5.92 Å². The molecule has 0 fully saturated rings. The Balaban J connectivity index is 4.01. The highest BCUT2D eigenvalue weighted by atomic mass is 16.2. The van der Waals surface area contributed by atoms with E-state index in [0.717, 1.165) is 0 Å². The molecule has 0 heterocycles. The van der Waals surface area contributed by atoms with Crippen molar-refractivity contribution in [3.05, 3.63) is 0 Å². The Morgan fingerprint density at radius 2 is 1.79 bits per heavy atom. The van der Waals surface area contributed by atoms with E-state index in [1.165, 1.54) is 6.92 Å². The van der Waals surface area contributed by atoms with Crippen LogP contribution in [0.2, 0.25) is 0 Å². The van der Waals surface area contributed by atoms with Gasteiger partial charge in [-0.3, -0.25) is 9.59 Å². The topological polar surface area (TPSA) is 98.2 Å². The van der Waals surface area contributed by atoms with Gasteiger partial charge in [-0.15, -0.1) is 0 Å². The third-order valence-electron chi connectivity index (χ3n) is 1.85. The lowest BCUT2D eigenvalue weighted by molar-refractivity contribution is -0.127. The summed E-state index contributed by atoms with van der Waals surface area (Å²) in [6, 6.07) is -1.24. The van der Waals surface area contributed by atoms with E-state index in [1.807, 2.05) is 13.8 Å². The zero-order valence-electron chi connectivity index (χ0n) is 8.91. The van der Waals surface area contributed by atoms with E-state index in [9.17, 15) is 9.59 Å². The third kappa shape index (κ3) is 4.81. The summed E-state index contributed by atoms with van der Waals surface area (Å²) in [6.07, 6.45) is 0.595. The molecule has 82 valence electrons. The summed E-state index contributed by atoms with van der Waals surface area (Å²) in [5, 5.41) is 2.45. The van der Waals surface area contributed by atoms with Crippen LogP contribution in [0.15, 0.2) is 0 Å². The lowest BCUT2D eigenvalue weighted by atomic mass is 10.0. The first kappa shape index (κ1) is 12.9. The molecule has 5 N–H and O–H groups in total. The molecule has 0 rings (SSSR count). The van der Waals surface area contributed by atoms with Crippen LogP contribution in [0.5, 0.6) is 0 Å². The number of primary amides is 1. The molecule has 0 radical (unpaired) electrons. The molecule has 0 aromatic rings. The Bertz CT molecular complexity index is 216. The maximum absolute atomic E-state index is 11.3. The monoisotopic (exact) mass is 201 g/mol. The van der Waals surface area contributed by atoms with Crippen molar-refractivity contribution in [1.29, 1.82) is 0 Å². The first-order valence-electron chi connectivity index (χ1n) is 4.69. The molecule has 0 saturated carbocycles. The average molecular weight is 201 g/mol. The van der Waals surface area contributed by atoms with E-state index < -0.39 is 18.0 Å². The number of nitrogens with two attached hydrogens (primary N) is 2. The highest BCUT2D eigenvalue weighted by Crippen LogP contribution is 2.02. The number of rotatable bonds is 5. The van der Waals surface area contributed by atoms with Gasteiger partial charge in [-0.05, 0) is 19.3 Å². The quantitative estimate of drug-likeness (QED) is 0.551. The minimum atomic E-state index is -0.666. The Hall–Kier alpha value is -1.10. The molecule has 14 heavy (non-hydrogen) atoms. The van der Waals surface area contributed by atoms with Crippen LogP contribution >= 0.6 is 0 Å². The van der Waals surface area contributed by atoms with Crippen LogP contribution in [-0.2, 0) is 9.59 Å². The molecule has 0 spiro atoms. The predicted octanol–water partition coefficient (Wildman–Crippen LogP) is -0.650. The molecule has 0 aliphatic carbocycles. The molecule has 0 bridgehead atoms. The Labute approximate surface area is 84.2 Å². The highest BCUT2D eigenvalue weighted by molar-refractivity contribution is 5.88. The van der Waals surface area contributed by atoms with Gasteiger partial charge in [0.05, 0.1) is 6.04 Å². The zero-order valence-corrected chi connectivity index (χ0v) is 8.91. The number of hydrogen-bond donors (Lipinski definition) is 3. The predicted molar refractivity (Wildman–Crippen MR) is 54.2 cm³/mol. The molecule has 0 aliphatic rings. The second-order valence-electron chi connectivity index (χ2n) is 3.87. The van der Waals surface area contributed by atoms with E-state index in [2.05, 4.69) is 5.32 Å². The van der Waals surface area contributed by atoms with Gasteiger partial charge in [0.25, 0.3) is 0 Å². The smallest absolute Gasteiger partial charge is 0.239 e.